The molecular formula is C26H28N2O8S. The molecule has 196 valence electrons. The number of non-ortho nitro benzene ring substituents is 1. The number of esters is 1. The van der Waals surface area contributed by atoms with Gasteiger partial charge < -0.3 is 9.47 Å². The Balaban J connectivity index is 1.28. The van der Waals surface area contributed by atoms with Gasteiger partial charge in [0, 0.05) is 17.5 Å². The monoisotopic (exact) mass is 528 g/mol. The summed E-state index contributed by atoms with van der Waals surface area (Å²) in [6.07, 6.45) is 6.21. The number of benzene rings is 2. The van der Waals surface area contributed by atoms with Crippen molar-refractivity contribution >= 4 is 33.2 Å². The van der Waals surface area contributed by atoms with Crippen molar-refractivity contribution in [2.45, 2.75) is 43.4 Å². The number of nitrogens with one attached hydrogen (secondary N) is 1. The maximum Gasteiger partial charge on any atom is 0.338 e. The summed E-state index contributed by atoms with van der Waals surface area (Å²) in [5.74, 6) is 1.03. The highest BCUT2D eigenvalue weighted by Gasteiger charge is 2.54. The Morgan fingerprint density at radius 3 is 2.30 bits per heavy atom. The molecule has 6 rings (SSSR count). The second-order valence-corrected chi connectivity index (χ2v) is 12.2. The van der Waals surface area contributed by atoms with Gasteiger partial charge in [-0.3, -0.25) is 19.6 Å². The maximum atomic E-state index is 13.2. The third-order valence-corrected chi connectivity index (χ3v) is 9.35. The molecule has 4 aliphatic rings. The largest absolute Gasteiger partial charge is 0.495 e. The number of ketones is 1. The molecule has 11 heteroatoms. The third-order valence-electron chi connectivity index (χ3n) is 7.98. The summed E-state index contributed by atoms with van der Waals surface area (Å²) in [5, 5.41) is 11.1. The van der Waals surface area contributed by atoms with E-state index in [1.165, 1.54) is 56.7 Å². The minimum absolute atomic E-state index is 0.0211. The quantitative estimate of drug-likeness (QED) is 0.288. The predicted molar refractivity (Wildman–Crippen MR) is 133 cm³/mol. The first-order valence-electron chi connectivity index (χ1n) is 12.2. The fourth-order valence-corrected chi connectivity index (χ4v) is 7.81. The molecule has 4 saturated carbocycles. The van der Waals surface area contributed by atoms with Crippen molar-refractivity contribution in [3.8, 4) is 5.75 Å². The smallest absolute Gasteiger partial charge is 0.338 e. The Kier molecular flexibility index (Phi) is 6.43. The number of hydrogen-bond acceptors (Lipinski definition) is 8. The molecule has 0 atom stereocenters. The number of ether oxygens (including phenoxy) is 2. The third kappa shape index (κ3) is 4.92. The first-order valence-corrected chi connectivity index (χ1v) is 13.7. The Morgan fingerprint density at radius 2 is 1.70 bits per heavy atom. The molecule has 4 aliphatic carbocycles. The topological polar surface area (TPSA) is 142 Å². The summed E-state index contributed by atoms with van der Waals surface area (Å²) in [6, 6.07) is 8.74. The molecule has 2 aromatic rings. The standard InChI is InChI=1S/C26H28N2O8S/c1-35-23-6-5-20(28(31)32)11-22(23)27-37(33,34)21-4-2-3-19(10-21)25(30)36-15-24(29)26-12-16-7-17(13-26)9-18(8-16)14-26/h2-6,10-11,16-18,27H,7-9,12-15H2,1H3. The van der Waals surface area contributed by atoms with Crippen LogP contribution in [0.4, 0.5) is 11.4 Å². The summed E-state index contributed by atoms with van der Waals surface area (Å²) < 4.78 is 38.7. The Morgan fingerprint density at radius 1 is 1.05 bits per heavy atom. The SMILES string of the molecule is COc1ccc([N+](=O)[O-])cc1NS(=O)(=O)c1cccc(C(=O)OCC(=O)C23CC4CC(CC(C4)C2)C3)c1. The number of Topliss-reactive ketones (excluding diaryl/α,β-unsaturated/α-hetero) is 1. The zero-order valence-corrected chi connectivity index (χ0v) is 21.2. The van der Waals surface area contributed by atoms with E-state index in [2.05, 4.69) is 4.72 Å². The number of nitrogens with zero attached hydrogens (tertiary/aromatic N) is 1. The number of nitro benzene ring substituents is 1. The van der Waals surface area contributed by atoms with Gasteiger partial charge in [-0.25, -0.2) is 13.2 Å². The Hall–Kier alpha value is -3.47. The number of carbonyl (C=O) groups is 2. The van der Waals surface area contributed by atoms with Crippen LogP contribution in [0, 0.1) is 33.3 Å². The minimum Gasteiger partial charge on any atom is -0.495 e. The van der Waals surface area contributed by atoms with Crippen LogP contribution in [0.3, 0.4) is 0 Å². The highest BCUT2D eigenvalue weighted by molar-refractivity contribution is 7.92. The molecule has 0 saturated heterocycles. The Labute approximate surface area is 214 Å². The lowest BCUT2D eigenvalue weighted by Crippen LogP contribution is -2.51. The molecule has 0 spiro atoms. The normalized spacial score (nSPS) is 25.9. The second-order valence-electron chi connectivity index (χ2n) is 10.5. The number of hydrogen-bond donors (Lipinski definition) is 1. The first-order chi connectivity index (χ1) is 17.6. The van der Waals surface area contributed by atoms with Crippen molar-refractivity contribution in [2.24, 2.45) is 23.2 Å². The molecule has 37 heavy (non-hydrogen) atoms. The zero-order valence-electron chi connectivity index (χ0n) is 20.3. The molecule has 0 aromatic heterocycles. The molecule has 0 radical (unpaired) electrons. The van der Waals surface area contributed by atoms with Gasteiger partial charge in [0.15, 0.2) is 12.4 Å². The van der Waals surface area contributed by atoms with E-state index in [0.29, 0.717) is 17.8 Å². The highest BCUT2D eigenvalue weighted by atomic mass is 32.2. The van der Waals surface area contributed by atoms with Gasteiger partial charge in [0.1, 0.15) is 5.75 Å². The lowest BCUT2D eigenvalue weighted by atomic mass is 9.48. The van der Waals surface area contributed by atoms with Gasteiger partial charge in [-0.05, 0) is 80.5 Å². The summed E-state index contributed by atoms with van der Waals surface area (Å²) >= 11 is 0. The average Bonchev–Trinajstić information content (AvgIpc) is 2.86. The van der Waals surface area contributed by atoms with E-state index in [4.69, 9.17) is 9.47 Å². The molecule has 4 bridgehead atoms. The second kappa shape index (κ2) is 9.44. The van der Waals surface area contributed by atoms with Crippen LogP contribution in [-0.2, 0) is 19.6 Å². The van der Waals surface area contributed by atoms with Crippen LogP contribution in [0.2, 0.25) is 0 Å². The number of anilines is 1. The lowest BCUT2D eigenvalue weighted by Gasteiger charge is -2.55. The van der Waals surface area contributed by atoms with E-state index in [-0.39, 0.29) is 45.4 Å². The molecule has 1 N–H and O–H groups in total. The summed E-state index contributed by atoms with van der Waals surface area (Å²) in [6.45, 7) is -0.328. The van der Waals surface area contributed by atoms with Crippen LogP contribution < -0.4 is 9.46 Å². The van der Waals surface area contributed by atoms with Crippen LogP contribution in [-0.4, -0.2) is 38.8 Å². The number of carbonyl (C=O) groups excluding carboxylic acids is 2. The van der Waals surface area contributed by atoms with E-state index in [1.807, 2.05) is 0 Å². The molecule has 4 fully saturated rings. The fraction of sp³-hybridized carbons (Fsp3) is 0.462. The van der Waals surface area contributed by atoms with Crippen LogP contribution in [0.5, 0.6) is 5.75 Å². The minimum atomic E-state index is -4.23. The van der Waals surface area contributed by atoms with E-state index >= 15 is 0 Å². The average molecular weight is 529 g/mol. The van der Waals surface area contributed by atoms with Gasteiger partial charge in [-0.2, -0.15) is 0 Å². The van der Waals surface area contributed by atoms with Crippen LogP contribution in [0.25, 0.3) is 0 Å². The van der Waals surface area contributed by atoms with E-state index < -0.39 is 20.9 Å². The molecule has 2 aromatic carbocycles. The molecule has 0 aliphatic heterocycles. The highest BCUT2D eigenvalue weighted by Crippen LogP contribution is 2.60. The summed E-state index contributed by atoms with van der Waals surface area (Å²) in [7, 11) is -2.93. The lowest BCUT2D eigenvalue weighted by molar-refractivity contribution is -0.384. The fourth-order valence-electron chi connectivity index (χ4n) is 6.70. The summed E-state index contributed by atoms with van der Waals surface area (Å²) in [4.78, 5) is 36.1. The van der Waals surface area contributed by atoms with E-state index in [9.17, 15) is 28.1 Å². The number of sulfonamides is 1. The van der Waals surface area contributed by atoms with Gasteiger partial charge in [0.2, 0.25) is 0 Å². The van der Waals surface area contributed by atoms with Crippen LogP contribution >= 0.6 is 0 Å². The van der Waals surface area contributed by atoms with Crippen molar-refractivity contribution in [1.82, 2.24) is 0 Å². The van der Waals surface area contributed by atoms with E-state index in [0.717, 1.165) is 31.4 Å². The van der Waals surface area contributed by atoms with E-state index in [1.54, 1.807) is 0 Å². The molecule has 0 amide bonds. The van der Waals surface area contributed by atoms with Gasteiger partial charge in [-0.15, -0.1) is 0 Å². The van der Waals surface area contributed by atoms with Crippen molar-refractivity contribution in [2.75, 3.05) is 18.4 Å². The summed E-state index contributed by atoms with van der Waals surface area (Å²) in [5.41, 5.74) is -0.848. The van der Waals surface area contributed by atoms with Crippen LogP contribution in [0.15, 0.2) is 47.4 Å². The number of nitro groups is 1. The zero-order chi connectivity index (χ0) is 26.4. The number of methoxy groups -OCH3 is 1. The van der Waals surface area contributed by atoms with Crippen molar-refractivity contribution < 1.29 is 32.4 Å². The number of rotatable bonds is 9. The Bertz CT molecular complexity index is 1340. The van der Waals surface area contributed by atoms with Crippen molar-refractivity contribution in [3.05, 3.63) is 58.1 Å². The van der Waals surface area contributed by atoms with Crippen molar-refractivity contribution in [3.63, 3.8) is 0 Å². The van der Waals surface area contributed by atoms with Gasteiger partial charge in [-0.1, -0.05) is 6.07 Å². The predicted octanol–water partition coefficient (Wildman–Crippen LogP) is 4.35. The van der Waals surface area contributed by atoms with Gasteiger partial charge in [0.25, 0.3) is 15.7 Å². The molecule has 10 nitrogen and oxygen atoms in total. The van der Waals surface area contributed by atoms with Crippen molar-refractivity contribution in [1.29, 1.82) is 0 Å². The van der Waals surface area contributed by atoms with Gasteiger partial charge in [0.05, 0.1) is 28.2 Å². The molecule has 0 unspecified atom stereocenters. The maximum absolute atomic E-state index is 13.2. The van der Waals surface area contributed by atoms with Gasteiger partial charge >= 0.3 is 5.97 Å². The molecular weight excluding hydrogens is 500 g/mol. The van der Waals surface area contributed by atoms with Crippen LogP contribution in [0.1, 0.15) is 48.9 Å². The first kappa shape index (κ1) is 25.2. The molecule has 0 heterocycles.